The van der Waals surface area contributed by atoms with Crippen LogP contribution in [-0.2, 0) is 20.9 Å². The average Bonchev–Trinajstić information content (AvgIpc) is 3.41. The number of amides is 4. The molecule has 8 nitrogen and oxygen atoms in total. The van der Waals surface area contributed by atoms with Gasteiger partial charge in [-0.3, -0.25) is 14.4 Å². The van der Waals surface area contributed by atoms with Gasteiger partial charge in [0, 0.05) is 11.4 Å². The van der Waals surface area contributed by atoms with E-state index in [4.69, 9.17) is 5.11 Å². The van der Waals surface area contributed by atoms with Crippen molar-refractivity contribution < 1.29 is 28.7 Å². The van der Waals surface area contributed by atoms with Crippen LogP contribution in [-0.4, -0.2) is 68.9 Å². The SMILES string of the molecule is O=C(O)CSCC(=O)N1CC[C@@H]2[C@@H]1C(=O)N(c1cccc(F)c1)C(=O)N2Cc1cccs1. The van der Waals surface area contributed by atoms with Crippen LogP contribution in [0.3, 0.4) is 0 Å². The summed E-state index contributed by atoms with van der Waals surface area (Å²) in [5.74, 6) is -2.86. The molecule has 11 heteroatoms. The first-order chi connectivity index (χ1) is 15.4. The number of thioether (sulfide) groups is 1. The Kier molecular flexibility index (Phi) is 6.47. The molecule has 1 N–H and O–H groups in total. The number of urea groups is 1. The van der Waals surface area contributed by atoms with Crippen LogP contribution in [0.1, 0.15) is 11.3 Å². The highest BCUT2D eigenvalue weighted by molar-refractivity contribution is 8.00. The molecule has 0 radical (unpaired) electrons. The number of nitrogens with zero attached hydrogens (tertiary/aromatic N) is 3. The lowest BCUT2D eigenvalue weighted by atomic mass is 10.0. The Hall–Kier alpha value is -2.92. The van der Waals surface area contributed by atoms with Crippen LogP contribution >= 0.6 is 23.1 Å². The van der Waals surface area contributed by atoms with Crippen molar-refractivity contribution in [3.63, 3.8) is 0 Å². The number of fused-ring (bicyclic) bond motifs is 1. The number of likely N-dealkylation sites (tertiary alicyclic amines) is 1. The lowest BCUT2D eigenvalue weighted by molar-refractivity contribution is -0.137. The number of carboxylic acids is 1. The summed E-state index contributed by atoms with van der Waals surface area (Å²) in [6, 6.07) is 7.02. The fourth-order valence-corrected chi connectivity index (χ4v) is 5.41. The predicted molar refractivity (Wildman–Crippen MR) is 118 cm³/mol. The molecule has 2 fully saturated rings. The van der Waals surface area contributed by atoms with E-state index in [0.29, 0.717) is 6.42 Å². The van der Waals surface area contributed by atoms with Gasteiger partial charge in [-0.2, -0.15) is 0 Å². The van der Waals surface area contributed by atoms with Gasteiger partial charge in [-0.15, -0.1) is 23.1 Å². The summed E-state index contributed by atoms with van der Waals surface area (Å²) in [7, 11) is 0. The lowest BCUT2D eigenvalue weighted by Gasteiger charge is -2.43. The van der Waals surface area contributed by atoms with E-state index in [2.05, 4.69) is 0 Å². The molecule has 0 unspecified atom stereocenters. The molecule has 1 aromatic carbocycles. The van der Waals surface area contributed by atoms with Gasteiger partial charge in [0.2, 0.25) is 5.91 Å². The van der Waals surface area contributed by atoms with Gasteiger partial charge in [0.1, 0.15) is 11.9 Å². The molecule has 32 heavy (non-hydrogen) atoms. The second-order valence-corrected chi connectivity index (χ2v) is 9.44. The van der Waals surface area contributed by atoms with Crippen molar-refractivity contribution in [2.45, 2.75) is 25.0 Å². The molecule has 0 saturated carbocycles. The number of carbonyl (C=O) groups is 4. The molecular formula is C21H20FN3O5S2. The van der Waals surface area contributed by atoms with Crippen LogP contribution in [0.4, 0.5) is 14.9 Å². The summed E-state index contributed by atoms with van der Waals surface area (Å²) in [5, 5.41) is 10.7. The number of hydrogen-bond donors (Lipinski definition) is 1. The molecule has 0 spiro atoms. The van der Waals surface area contributed by atoms with Crippen LogP contribution in [0.2, 0.25) is 0 Å². The van der Waals surface area contributed by atoms with Crippen molar-refractivity contribution >= 4 is 52.6 Å². The summed E-state index contributed by atoms with van der Waals surface area (Å²) in [5.41, 5.74) is 0.106. The van der Waals surface area contributed by atoms with Gasteiger partial charge in [-0.1, -0.05) is 12.1 Å². The van der Waals surface area contributed by atoms with E-state index in [9.17, 15) is 23.6 Å². The van der Waals surface area contributed by atoms with Crippen molar-refractivity contribution in [1.82, 2.24) is 9.80 Å². The maximum Gasteiger partial charge on any atom is 0.332 e. The smallest absolute Gasteiger partial charge is 0.332 e. The first-order valence-electron chi connectivity index (χ1n) is 9.88. The molecule has 2 atom stereocenters. The number of anilines is 1. The van der Waals surface area contributed by atoms with Gasteiger partial charge in [-0.25, -0.2) is 14.1 Å². The van der Waals surface area contributed by atoms with Crippen LogP contribution < -0.4 is 4.90 Å². The third-order valence-electron chi connectivity index (χ3n) is 5.42. The lowest BCUT2D eigenvalue weighted by Crippen LogP contribution is -2.66. The normalized spacial score (nSPS) is 20.6. The summed E-state index contributed by atoms with van der Waals surface area (Å²) < 4.78 is 13.9. The number of thiophene rings is 1. The first kappa shape index (κ1) is 22.3. The molecule has 1 aromatic heterocycles. The van der Waals surface area contributed by atoms with Crippen molar-refractivity contribution in [3.05, 3.63) is 52.5 Å². The second-order valence-electron chi connectivity index (χ2n) is 7.42. The van der Waals surface area contributed by atoms with Crippen LogP contribution in [0.25, 0.3) is 0 Å². The minimum atomic E-state index is -1.03. The monoisotopic (exact) mass is 477 g/mol. The zero-order valence-electron chi connectivity index (χ0n) is 16.8. The number of rotatable bonds is 7. The van der Waals surface area contributed by atoms with Crippen LogP contribution in [0, 0.1) is 5.82 Å². The predicted octanol–water partition coefficient (Wildman–Crippen LogP) is 2.64. The Balaban J connectivity index is 1.65. The minimum absolute atomic E-state index is 0.0817. The van der Waals surface area contributed by atoms with Gasteiger partial charge in [0.25, 0.3) is 5.91 Å². The number of aliphatic carboxylic acids is 1. The van der Waals surface area contributed by atoms with E-state index in [1.165, 1.54) is 34.4 Å². The maximum atomic E-state index is 13.9. The number of carbonyl (C=O) groups excluding carboxylic acids is 3. The summed E-state index contributed by atoms with van der Waals surface area (Å²) in [6.45, 7) is 0.547. The second kappa shape index (κ2) is 9.29. The fraction of sp³-hybridized carbons (Fsp3) is 0.333. The van der Waals surface area contributed by atoms with Crippen molar-refractivity contribution in [3.8, 4) is 0 Å². The van der Waals surface area contributed by atoms with Crippen LogP contribution in [0.5, 0.6) is 0 Å². The van der Waals surface area contributed by atoms with Gasteiger partial charge in [-0.05, 0) is 36.1 Å². The Morgan fingerprint density at radius 1 is 1.19 bits per heavy atom. The molecule has 2 aromatic rings. The molecule has 4 rings (SSSR count). The highest BCUT2D eigenvalue weighted by atomic mass is 32.2. The van der Waals surface area contributed by atoms with E-state index < -0.39 is 35.8 Å². The van der Waals surface area contributed by atoms with Gasteiger partial charge >= 0.3 is 12.0 Å². The van der Waals surface area contributed by atoms with E-state index in [-0.39, 0.29) is 36.2 Å². The number of hydrogen-bond acceptors (Lipinski definition) is 6. The zero-order chi connectivity index (χ0) is 22.8. The quantitative estimate of drug-likeness (QED) is 0.659. The molecule has 2 saturated heterocycles. The Labute approximate surface area is 191 Å². The first-order valence-corrected chi connectivity index (χ1v) is 11.9. The maximum absolute atomic E-state index is 13.9. The van der Waals surface area contributed by atoms with E-state index in [1.54, 1.807) is 4.90 Å². The van der Waals surface area contributed by atoms with Gasteiger partial charge in [0.05, 0.1) is 29.8 Å². The van der Waals surface area contributed by atoms with Crippen molar-refractivity contribution in [2.75, 3.05) is 23.0 Å². The largest absolute Gasteiger partial charge is 0.481 e. The number of carboxylic acid groups (broad SMARTS) is 1. The average molecular weight is 478 g/mol. The number of benzene rings is 1. The summed E-state index contributed by atoms with van der Waals surface area (Å²) >= 11 is 2.43. The molecular weight excluding hydrogens is 457 g/mol. The summed E-state index contributed by atoms with van der Waals surface area (Å²) in [6.07, 6.45) is 0.430. The molecule has 2 aliphatic rings. The molecule has 168 valence electrons. The van der Waals surface area contributed by atoms with Gasteiger partial charge in [0.15, 0.2) is 0 Å². The highest BCUT2D eigenvalue weighted by Gasteiger charge is 2.53. The molecule has 3 heterocycles. The third-order valence-corrected chi connectivity index (χ3v) is 7.18. The van der Waals surface area contributed by atoms with Gasteiger partial charge < -0.3 is 14.9 Å². The van der Waals surface area contributed by atoms with Crippen LogP contribution in [0.15, 0.2) is 41.8 Å². The standard InChI is InChI=1S/C21H20FN3O5S2/c22-13-3-1-4-14(9-13)25-20(29)19-16(24(21(25)30)10-15-5-2-8-32-15)6-7-23(19)17(26)11-31-12-18(27)28/h1-5,8-9,16,19H,6-7,10-12H2,(H,27,28)/t16-,19-/m1/s1. The minimum Gasteiger partial charge on any atom is -0.481 e. The van der Waals surface area contributed by atoms with E-state index in [0.717, 1.165) is 27.6 Å². The number of imide groups is 1. The zero-order valence-corrected chi connectivity index (χ0v) is 18.5. The van der Waals surface area contributed by atoms with Crippen molar-refractivity contribution in [2.24, 2.45) is 0 Å². The Morgan fingerprint density at radius 2 is 2.00 bits per heavy atom. The Morgan fingerprint density at radius 3 is 2.69 bits per heavy atom. The molecule has 0 bridgehead atoms. The number of halogens is 1. The van der Waals surface area contributed by atoms with E-state index in [1.807, 2.05) is 17.5 Å². The molecule has 2 aliphatic heterocycles. The molecule has 0 aliphatic carbocycles. The third kappa shape index (κ3) is 4.35. The fourth-order valence-electron chi connectivity index (χ4n) is 4.09. The Bertz CT molecular complexity index is 1050. The summed E-state index contributed by atoms with van der Waals surface area (Å²) in [4.78, 5) is 55.2. The molecule has 4 amide bonds. The van der Waals surface area contributed by atoms with Crippen molar-refractivity contribution in [1.29, 1.82) is 0 Å². The van der Waals surface area contributed by atoms with E-state index >= 15 is 0 Å². The topological polar surface area (TPSA) is 98.2 Å². The highest BCUT2D eigenvalue weighted by Crippen LogP contribution is 2.35.